The van der Waals surface area contributed by atoms with Gasteiger partial charge in [-0.3, -0.25) is 0 Å². The number of nitriles is 1. The van der Waals surface area contributed by atoms with Crippen LogP contribution in [0.3, 0.4) is 0 Å². The maximum atomic E-state index is 13.9. The molecule has 1 aromatic carbocycles. The van der Waals surface area contributed by atoms with Gasteiger partial charge in [0, 0.05) is 5.56 Å². The Morgan fingerprint density at radius 3 is 2.95 bits per heavy atom. The van der Waals surface area contributed by atoms with Crippen LogP contribution >= 0.6 is 0 Å². The Hall–Kier alpha value is -1.60. The largest absolute Gasteiger partial charge is 0.490 e. The molecule has 2 rings (SSSR count). The average Bonchev–Trinajstić information content (AvgIpc) is 2.60. The van der Waals surface area contributed by atoms with Crippen LogP contribution in [0.25, 0.3) is 0 Å². The average molecular weight is 276 g/mol. The van der Waals surface area contributed by atoms with Crippen molar-refractivity contribution < 1.29 is 9.13 Å². The molecule has 0 amide bonds. The highest BCUT2D eigenvalue weighted by molar-refractivity contribution is 5.45. The number of halogens is 1. The van der Waals surface area contributed by atoms with E-state index in [9.17, 15) is 9.65 Å². The van der Waals surface area contributed by atoms with Crippen molar-refractivity contribution in [1.29, 1.82) is 5.26 Å². The van der Waals surface area contributed by atoms with Crippen molar-refractivity contribution in [1.82, 2.24) is 4.90 Å². The van der Waals surface area contributed by atoms with Crippen molar-refractivity contribution in [2.45, 2.75) is 31.1 Å². The topological polar surface area (TPSA) is 36.3 Å². The summed E-state index contributed by atoms with van der Waals surface area (Å²) in [5.74, 6) is -0.0898. The molecular formula is C16H21FN2O. The van der Waals surface area contributed by atoms with E-state index in [1.54, 1.807) is 6.07 Å². The van der Waals surface area contributed by atoms with Gasteiger partial charge >= 0.3 is 0 Å². The van der Waals surface area contributed by atoms with Crippen molar-refractivity contribution in [3.05, 3.63) is 29.6 Å². The summed E-state index contributed by atoms with van der Waals surface area (Å²) < 4.78 is 19.5. The van der Waals surface area contributed by atoms with Crippen LogP contribution in [-0.4, -0.2) is 32.1 Å². The molecule has 108 valence electrons. The first kappa shape index (κ1) is 14.8. The molecule has 0 N–H and O–H groups in total. The molecule has 0 spiro atoms. The lowest BCUT2D eigenvalue weighted by Gasteiger charge is -2.27. The Labute approximate surface area is 120 Å². The second kappa shape index (κ2) is 6.23. The SMILES string of the molecule is CN(C)CCCC1(C#N)CCCOc2c(F)cccc21. The van der Waals surface area contributed by atoms with E-state index in [0.717, 1.165) is 37.8 Å². The second-order valence-electron chi connectivity index (χ2n) is 5.67. The molecule has 0 fully saturated rings. The van der Waals surface area contributed by atoms with Crippen molar-refractivity contribution >= 4 is 0 Å². The molecule has 0 aromatic heterocycles. The van der Waals surface area contributed by atoms with E-state index in [1.807, 2.05) is 20.2 Å². The number of ether oxygens (including phenoxy) is 1. The Bertz CT molecular complexity index is 510. The second-order valence-corrected chi connectivity index (χ2v) is 5.67. The fourth-order valence-electron chi connectivity index (χ4n) is 2.84. The van der Waals surface area contributed by atoms with Crippen molar-refractivity contribution in [2.75, 3.05) is 27.2 Å². The van der Waals surface area contributed by atoms with Gasteiger partial charge in [-0.1, -0.05) is 12.1 Å². The quantitative estimate of drug-likeness (QED) is 0.848. The Kier molecular flexibility index (Phi) is 4.61. The first-order chi connectivity index (χ1) is 9.59. The predicted molar refractivity (Wildman–Crippen MR) is 76.2 cm³/mol. The molecule has 0 saturated carbocycles. The maximum absolute atomic E-state index is 13.9. The van der Waals surface area contributed by atoms with Gasteiger partial charge in [-0.15, -0.1) is 0 Å². The van der Waals surface area contributed by atoms with E-state index in [-0.39, 0.29) is 11.6 Å². The highest BCUT2D eigenvalue weighted by Gasteiger charge is 2.37. The van der Waals surface area contributed by atoms with Gasteiger partial charge in [0.1, 0.15) is 0 Å². The third-order valence-corrected chi connectivity index (χ3v) is 3.90. The van der Waals surface area contributed by atoms with Crippen molar-refractivity contribution in [2.24, 2.45) is 0 Å². The normalized spacial score (nSPS) is 21.8. The molecule has 1 aliphatic heterocycles. The van der Waals surface area contributed by atoms with Crippen LogP contribution in [0.4, 0.5) is 4.39 Å². The standard InChI is InChI=1S/C16H21FN2O/c1-19(2)10-4-8-16(12-18)9-5-11-20-15-13(16)6-3-7-14(15)17/h3,6-7H,4-5,8-11H2,1-2H3. The summed E-state index contributed by atoms with van der Waals surface area (Å²) in [5.41, 5.74) is 0.0977. The van der Waals surface area contributed by atoms with E-state index in [2.05, 4.69) is 11.0 Å². The molecule has 0 bridgehead atoms. The van der Waals surface area contributed by atoms with Crippen LogP contribution < -0.4 is 4.74 Å². The minimum Gasteiger partial charge on any atom is -0.490 e. The van der Waals surface area contributed by atoms with Crippen LogP contribution in [0, 0.1) is 17.1 Å². The monoisotopic (exact) mass is 276 g/mol. The highest BCUT2D eigenvalue weighted by atomic mass is 19.1. The Morgan fingerprint density at radius 1 is 1.45 bits per heavy atom. The molecule has 1 heterocycles. The number of fused-ring (bicyclic) bond motifs is 1. The van der Waals surface area contributed by atoms with Gasteiger partial charge < -0.3 is 9.64 Å². The third kappa shape index (κ3) is 2.94. The summed E-state index contributed by atoms with van der Waals surface area (Å²) in [5, 5.41) is 9.73. The maximum Gasteiger partial charge on any atom is 0.165 e. The number of para-hydroxylation sites is 1. The summed E-state index contributed by atoms with van der Waals surface area (Å²) in [4.78, 5) is 2.10. The number of benzene rings is 1. The molecule has 1 aromatic rings. The van der Waals surface area contributed by atoms with E-state index in [1.165, 1.54) is 6.07 Å². The molecular weight excluding hydrogens is 255 g/mol. The van der Waals surface area contributed by atoms with Gasteiger partial charge in [0.05, 0.1) is 18.1 Å². The van der Waals surface area contributed by atoms with Crippen LogP contribution in [-0.2, 0) is 5.41 Å². The lowest BCUT2D eigenvalue weighted by molar-refractivity contribution is 0.299. The zero-order valence-electron chi connectivity index (χ0n) is 12.2. The fourth-order valence-corrected chi connectivity index (χ4v) is 2.84. The molecule has 0 radical (unpaired) electrons. The first-order valence-corrected chi connectivity index (χ1v) is 7.07. The van der Waals surface area contributed by atoms with Crippen molar-refractivity contribution in [3.63, 3.8) is 0 Å². The predicted octanol–water partition coefficient (Wildman–Crippen LogP) is 3.10. The van der Waals surface area contributed by atoms with E-state index in [0.29, 0.717) is 6.61 Å². The summed E-state index contributed by atoms with van der Waals surface area (Å²) in [6.45, 7) is 1.40. The van der Waals surface area contributed by atoms with Gasteiger partial charge in [0.2, 0.25) is 0 Å². The molecule has 3 nitrogen and oxygen atoms in total. The van der Waals surface area contributed by atoms with Crippen LogP contribution in [0.5, 0.6) is 5.75 Å². The van der Waals surface area contributed by atoms with Gasteiger partial charge in [-0.25, -0.2) is 4.39 Å². The lowest BCUT2D eigenvalue weighted by Crippen LogP contribution is -2.26. The molecule has 0 aliphatic carbocycles. The molecule has 4 heteroatoms. The number of hydrogen-bond donors (Lipinski definition) is 0. The minimum atomic E-state index is -0.621. The van der Waals surface area contributed by atoms with Gasteiger partial charge in [-0.2, -0.15) is 5.26 Å². The number of nitrogens with zero attached hydrogens (tertiary/aromatic N) is 2. The van der Waals surface area contributed by atoms with Crippen LogP contribution in [0.2, 0.25) is 0 Å². The summed E-state index contributed by atoms with van der Waals surface area (Å²) in [6.07, 6.45) is 3.16. The Morgan fingerprint density at radius 2 is 2.25 bits per heavy atom. The highest BCUT2D eigenvalue weighted by Crippen LogP contribution is 2.42. The number of hydrogen-bond acceptors (Lipinski definition) is 3. The molecule has 1 aliphatic rings. The smallest absolute Gasteiger partial charge is 0.165 e. The van der Waals surface area contributed by atoms with Crippen LogP contribution in [0.1, 0.15) is 31.2 Å². The van der Waals surface area contributed by atoms with E-state index < -0.39 is 5.41 Å². The Balaban J connectivity index is 2.33. The summed E-state index contributed by atoms with van der Waals surface area (Å²) in [6, 6.07) is 7.35. The van der Waals surface area contributed by atoms with Crippen LogP contribution in [0.15, 0.2) is 18.2 Å². The summed E-state index contributed by atoms with van der Waals surface area (Å²) >= 11 is 0. The first-order valence-electron chi connectivity index (χ1n) is 7.07. The molecule has 1 atom stereocenters. The molecule has 0 saturated heterocycles. The van der Waals surface area contributed by atoms with Gasteiger partial charge in [-0.05, 0) is 52.4 Å². The van der Waals surface area contributed by atoms with Crippen molar-refractivity contribution in [3.8, 4) is 11.8 Å². The lowest BCUT2D eigenvalue weighted by atomic mass is 9.74. The third-order valence-electron chi connectivity index (χ3n) is 3.90. The van der Waals surface area contributed by atoms with Gasteiger partial charge in [0.15, 0.2) is 11.6 Å². The zero-order valence-corrected chi connectivity index (χ0v) is 12.2. The molecule has 20 heavy (non-hydrogen) atoms. The minimum absolute atomic E-state index is 0.274. The summed E-state index contributed by atoms with van der Waals surface area (Å²) in [7, 11) is 4.03. The van der Waals surface area contributed by atoms with E-state index >= 15 is 0 Å². The number of rotatable bonds is 4. The van der Waals surface area contributed by atoms with Gasteiger partial charge in [0.25, 0.3) is 0 Å². The molecule has 1 unspecified atom stereocenters. The zero-order chi connectivity index (χ0) is 14.6. The van der Waals surface area contributed by atoms with E-state index in [4.69, 9.17) is 4.74 Å². The fraction of sp³-hybridized carbons (Fsp3) is 0.562.